The van der Waals surface area contributed by atoms with Crippen LogP contribution in [0.4, 0.5) is 0 Å². The summed E-state index contributed by atoms with van der Waals surface area (Å²) >= 11 is 0. The van der Waals surface area contributed by atoms with E-state index in [0.29, 0.717) is 6.61 Å². The molecule has 4 heteroatoms. The molecule has 0 amide bonds. The van der Waals surface area contributed by atoms with Gasteiger partial charge in [-0.05, 0) is 46.8 Å². The lowest BCUT2D eigenvalue weighted by atomic mass is 9.97. The Balaban J connectivity index is 4.42. The van der Waals surface area contributed by atoms with Crippen molar-refractivity contribution < 1.29 is 9.53 Å². The van der Waals surface area contributed by atoms with Crippen LogP contribution in [0.25, 0.3) is 0 Å². The number of carbonyl (C=O) groups is 1. The van der Waals surface area contributed by atoms with Gasteiger partial charge in [-0.25, -0.2) is 0 Å². The van der Waals surface area contributed by atoms with Gasteiger partial charge in [0.05, 0.1) is 6.61 Å². The molecule has 0 bridgehead atoms. The van der Waals surface area contributed by atoms with Crippen LogP contribution in [0.15, 0.2) is 0 Å². The first-order valence-electron chi connectivity index (χ1n) is 6.61. The normalized spacial score (nSPS) is 14.7. The van der Waals surface area contributed by atoms with Gasteiger partial charge in [-0.3, -0.25) is 4.79 Å². The number of hydrogen-bond donors (Lipinski definition) is 1. The fraction of sp³-hybridized carbons (Fsp3) is 0.923. The van der Waals surface area contributed by atoms with Crippen LogP contribution >= 0.6 is 0 Å². The molecule has 102 valence electrons. The van der Waals surface area contributed by atoms with Gasteiger partial charge in [-0.15, -0.1) is 0 Å². The van der Waals surface area contributed by atoms with Crippen molar-refractivity contribution in [2.45, 2.75) is 46.1 Å². The molecule has 1 N–H and O–H groups in total. The molecule has 0 radical (unpaired) electrons. The van der Waals surface area contributed by atoms with Gasteiger partial charge in [0, 0.05) is 6.54 Å². The average Bonchev–Trinajstić information content (AvgIpc) is 2.33. The molecule has 0 aromatic carbocycles. The van der Waals surface area contributed by atoms with Crippen molar-refractivity contribution in [1.29, 1.82) is 0 Å². The second kappa shape index (κ2) is 8.48. The lowest BCUT2D eigenvalue weighted by molar-refractivity contribution is -0.151. The number of carbonyl (C=O) groups excluding carboxylic acids is 1. The van der Waals surface area contributed by atoms with Gasteiger partial charge in [-0.1, -0.05) is 13.8 Å². The average molecular weight is 244 g/mol. The highest BCUT2D eigenvalue weighted by molar-refractivity contribution is 5.80. The topological polar surface area (TPSA) is 41.6 Å². The minimum Gasteiger partial charge on any atom is -0.465 e. The maximum Gasteiger partial charge on any atom is 0.326 e. The third kappa shape index (κ3) is 6.03. The van der Waals surface area contributed by atoms with Gasteiger partial charge in [0.1, 0.15) is 5.54 Å². The van der Waals surface area contributed by atoms with Crippen LogP contribution in [0.2, 0.25) is 0 Å². The van der Waals surface area contributed by atoms with Crippen LogP contribution in [-0.2, 0) is 9.53 Å². The molecule has 17 heavy (non-hydrogen) atoms. The third-order valence-corrected chi connectivity index (χ3v) is 3.02. The second-order valence-corrected chi connectivity index (χ2v) is 4.63. The van der Waals surface area contributed by atoms with Crippen LogP contribution in [0.5, 0.6) is 0 Å². The Bertz CT molecular complexity index is 221. The number of ether oxygens (including phenoxy) is 1. The first-order valence-corrected chi connectivity index (χ1v) is 6.61. The summed E-state index contributed by atoms with van der Waals surface area (Å²) in [5.41, 5.74) is -0.560. The van der Waals surface area contributed by atoms with Crippen molar-refractivity contribution in [3.63, 3.8) is 0 Å². The highest BCUT2D eigenvalue weighted by Gasteiger charge is 2.33. The number of esters is 1. The van der Waals surface area contributed by atoms with E-state index in [9.17, 15) is 4.79 Å². The van der Waals surface area contributed by atoms with Gasteiger partial charge in [-0.2, -0.15) is 0 Å². The number of hydrogen-bond acceptors (Lipinski definition) is 4. The molecule has 0 aliphatic carbocycles. The quantitative estimate of drug-likeness (QED) is 0.626. The predicted molar refractivity (Wildman–Crippen MR) is 71.1 cm³/mol. The monoisotopic (exact) mass is 244 g/mol. The van der Waals surface area contributed by atoms with E-state index in [0.717, 1.165) is 32.5 Å². The van der Waals surface area contributed by atoms with E-state index < -0.39 is 5.54 Å². The summed E-state index contributed by atoms with van der Waals surface area (Å²) < 4.78 is 5.15. The Morgan fingerprint density at radius 2 is 2.00 bits per heavy atom. The van der Waals surface area contributed by atoms with Gasteiger partial charge in [0.25, 0.3) is 0 Å². The molecule has 0 spiro atoms. The highest BCUT2D eigenvalue weighted by atomic mass is 16.5. The standard InChI is InChI=1S/C13H28N2O2/c1-6-10-14-13(4,12(16)17-8-3)9-11-15(5)7-2/h14H,6-11H2,1-5H3. The van der Waals surface area contributed by atoms with Crippen molar-refractivity contribution in [2.24, 2.45) is 0 Å². The van der Waals surface area contributed by atoms with E-state index >= 15 is 0 Å². The maximum absolute atomic E-state index is 12.0. The van der Waals surface area contributed by atoms with Crippen LogP contribution in [0.3, 0.4) is 0 Å². The Kier molecular flexibility index (Phi) is 8.17. The minimum atomic E-state index is -0.560. The summed E-state index contributed by atoms with van der Waals surface area (Å²) in [6.45, 7) is 11.1. The van der Waals surface area contributed by atoms with Gasteiger partial charge in [0.15, 0.2) is 0 Å². The molecule has 0 aliphatic heterocycles. The molecule has 4 nitrogen and oxygen atoms in total. The zero-order chi connectivity index (χ0) is 13.3. The van der Waals surface area contributed by atoms with Crippen molar-refractivity contribution in [2.75, 3.05) is 33.3 Å². The Labute approximate surface area is 106 Å². The number of nitrogens with zero attached hydrogens (tertiary/aromatic N) is 1. The first kappa shape index (κ1) is 16.4. The molecule has 1 unspecified atom stereocenters. The molecular formula is C13H28N2O2. The molecule has 0 aliphatic rings. The van der Waals surface area contributed by atoms with Crippen molar-refractivity contribution in [3.8, 4) is 0 Å². The lowest BCUT2D eigenvalue weighted by Crippen LogP contribution is -2.52. The summed E-state index contributed by atoms with van der Waals surface area (Å²) in [6, 6.07) is 0. The zero-order valence-corrected chi connectivity index (χ0v) is 12.0. The van der Waals surface area contributed by atoms with Crippen LogP contribution in [0, 0.1) is 0 Å². The maximum atomic E-state index is 12.0. The molecule has 0 saturated carbocycles. The van der Waals surface area contributed by atoms with Crippen LogP contribution < -0.4 is 5.32 Å². The first-order chi connectivity index (χ1) is 8.00. The van der Waals surface area contributed by atoms with Gasteiger partial charge >= 0.3 is 5.97 Å². The zero-order valence-electron chi connectivity index (χ0n) is 12.0. The number of nitrogens with one attached hydrogen (secondary N) is 1. The van der Waals surface area contributed by atoms with Crippen molar-refractivity contribution in [3.05, 3.63) is 0 Å². The van der Waals surface area contributed by atoms with E-state index in [2.05, 4.69) is 31.1 Å². The fourth-order valence-electron chi connectivity index (χ4n) is 1.53. The Morgan fingerprint density at radius 3 is 2.47 bits per heavy atom. The minimum absolute atomic E-state index is 0.141. The molecule has 0 heterocycles. The summed E-state index contributed by atoms with van der Waals surface area (Å²) in [5, 5.41) is 3.31. The molecule has 0 rings (SSSR count). The molecule has 0 aromatic heterocycles. The summed E-state index contributed by atoms with van der Waals surface area (Å²) in [5.74, 6) is -0.141. The lowest BCUT2D eigenvalue weighted by Gasteiger charge is -2.30. The molecule has 1 atom stereocenters. The van der Waals surface area contributed by atoms with E-state index in [1.165, 1.54) is 0 Å². The van der Waals surface area contributed by atoms with Crippen molar-refractivity contribution in [1.82, 2.24) is 10.2 Å². The Morgan fingerprint density at radius 1 is 1.35 bits per heavy atom. The summed E-state index contributed by atoms with van der Waals surface area (Å²) in [6.07, 6.45) is 1.79. The Hall–Kier alpha value is -0.610. The molecule has 0 saturated heterocycles. The van der Waals surface area contributed by atoms with E-state index in [1.807, 2.05) is 13.8 Å². The molecule has 0 aromatic rings. The second-order valence-electron chi connectivity index (χ2n) is 4.63. The predicted octanol–water partition coefficient (Wildman–Crippen LogP) is 1.65. The fourth-order valence-corrected chi connectivity index (χ4v) is 1.53. The van der Waals surface area contributed by atoms with Crippen molar-refractivity contribution >= 4 is 5.97 Å². The summed E-state index contributed by atoms with van der Waals surface area (Å²) in [7, 11) is 2.06. The molecule has 0 fully saturated rings. The third-order valence-electron chi connectivity index (χ3n) is 3.02. The largest absolute Gasteiger partial charge is 0.465 e. The van der Waals surface area contributed by atoms with Gasteiger partial charge in [0.2, 0.25) is 0 Å². The van der Waals surface area contributed by atoms with E-state index in [1.54, 1.807) is 0 Å². The smallest absolute Gasteiger partial charge is 0.326 e. The number of rotatable bonds is 9. The molecular weight excluding hydrogens is 216 g/mol. The van der Waals surface area contributed by atoms with Crippen LogP contribution in [-0.4, -0.2) is 49.7 Å². The van der Waals surface area contributed by atoms with Gasteiger partial charge < -0.3 is 15.0 Å². The highest BCUT2D eigenvalue weighted by Crippen LogP contribution is 2.13. The van der Waals surface area contributed by atoms with Crippen LogP contribution in [0.1, 0.15) is 40.5 Å². The van der Waals surface area contributed by atoms with E-state index in [-0.39, 0.29) is 5.97 Å². The SMILES string of the molecule is CCCNC(C)(CCN(C)CC)C(=O)OCC. The summed E-state index contributed by atoms with van der Waals surface area (Å²) in [4.78, 5) is 14.2. The van der Waals surface area contributed by atoms with E-state index in [4.69, 9.17) is 4.74 Å².